The van der Waals surface area contributed by atoms with E-state index in [1.54, 1.807) is 12.1 Å². The first kappa shape index (κ1) is 23.1. The summed E-state index contributed by atoms with van der Waals surface area (Å²) >= 11 is 1.25. The Balaban J connectivity index is 1.55. The normalized spacial score (nSPS) is 10.4. The van der Waals surface area contributed by atoms with Crippen molar-refractivity contribution >= 4 is 29.3 Å². The van der Waals surface area contributed by atoms with Gasteiger partial charge in [-0.3, -0.25) is 14.2 Å². The van der Waals surface area contributed by atoms with Crippen LogP contribution in [0.3, 0.4) is 0 Å². The smallest absolute Gasteiger partial charge is 0.243 e. The summed E-state index contributed by atoms with van der Waals surface area (Å²) in [4.78, 5) is 24.5. The van der Waals surface area contributed by atoms with Crippen LogP contribution >= 0.6 is 11.8 Å². The third-order valence-corrected chi connectivity index (χ3v) is 5.43. The van der Waals surface area contributed by atoms with Crippen molar-refractivity contribution in [1.82, 2.24) is 20.1 Å². The van der Waals surface area contributed by atoms with Gasteiger partial charge in [-0.15, -0.1) is 16.8 Å². The van der Waals surface area contributed by atoms with Gasteiger partial charge in [0.1, 0.15) is 5.75 Å². The van der Waals surface area contributed by atoms with E-state index in [1.807, 2.05) is 54.0 Å². The molecule has 166 valence electrons. The first-order valence-electron chi connectivity index (χ1n) is 9.95. The quantitative estimate of drug-likeness (QED) is 0.363. The second-order valence-corrected chi connectivity index (χ2v) is 7.83. The Morgan fingerprint density at radius 2 is 1.94 bits per heavy atom. The maximum atomic E-state index is 12.3. The van der Waals surface area contributed by atoms with Gasteiger partial charge in [0.05, 0.1) is 25.1 Å². The summed E-state index contributed by atoms with van der Waals surface area (Å²) in [6.07, 6.45) is 1.75. The van der Waals surface area contributed by atoms with Crippen LogP contribution in [0.15, 0.2) is 66.3 Å². The standard InChI is InChI=1S/C23H25N5O3S/c1-4-12-28-22(17-8-6-5-7-9-17)26-27-23(28)32-15-21(30)24-14-20(29)25-18-13-16(2)10-11-19(18)31-3/h4-11,13H,1,12,14-15H2,2-3H3,(H,24,30)(H,25,29). The van der Waals surface area contributed by atoms with E-state index in [0.717, 1.165) is 11.1 Å². The van der Waals surface area contributed by atoms with Gasteiger partial charge in [0.25, 0.3) is 0 Å². The van der Waals surface area contributed by atoms with Crippen LogP contribution in [0, 0.1) is 6.92 Å². The largest absolute Gasteiger partial charge is 0.495 e. The molecule has 2 aromatic carbocycles. The van der Waals surface area contributed by atoms with E-state index in [-0.39, 0.29) is 24.1 Å². The summed E-state index contributed by atoms with van der Waals surface area (Å²) in [6, 6.07) is 15.2. The lowest BCUT2D eigenvalue weighted by atomic mass is 10.2. The highest BCUT2D eigenvalue weighted by molar-refractivity contribution is 7.99. The summed E-state index contributed by atoms with van der Waals surface area (Å²) < 4.78 is 7.15. The van der Waals surface area contributed by atoms with Crippen molar-refractivity contribution in [3.8, 4) is 17.1 Å². The molecule has 8 nitrogen and oxygen atoms in total. The summed E-state index contributed by atoms with van der Waals surface area (Å²) in [5, 5.41) is 14.5. The topological polar surface area (TPSA) is 98.1 Å². The molecule has 1 heterocycles. The molecule has 0 saturated carbocycles. The molecule has 0 atom stereocenters. The van der Waals surface area contributed by atoms with Gasteiger partial charge in [0.2, 0.25) is 11.8 Å². The number of hydrogen-bond acceptors (Lipinski definition) is 6. The monoisotopic (exact) mass is 451 g/mol. The van der Waals surface area contributed by atoms with Gasteiger partial charge < -0.3 is 15.4 Å². The van der Waals surface area contributed by atoms with Crippen LogP contribution < -0.4 is 15.4 Å². The Hall–Kier alpha value is -3.59. The second-order valence-electron chi connectivity index (χ2n) is 6.89. The average molecular weight is 452 g/mol. The summed E-state index contributed by atoms with van der Waals surface area (Å²) in [6.45, 7) is 6.08. The molecule has 9 heteroatoms. The Bertz CT molecular complexity index is 1100. The summed E-state index contributed by atoms with van der Waals surface area (Å²) in [5.41, 5.74) is 2.48. The number of nitrogens with one attached hydrogen (secondary N) is 2. The van der Waals surface area contributed by atoms with Crippen LogP contribution in [0.25, 0.3) is 11.4 Å². The third kappa shape index (κ3) is 5.98. The molecule has 2 N–H and O–H groups in total. The molecule has 32 heavy (non-hydrogen) atoms. The van der Waals surface area contributed by atoms with E-state index < -0.39 is 0 Å². The predicted octanol–water partition coefficient (Wildman–Crippen LogP) is 3.30. The molecule has 0 spiro atoms. The number of hydrogen-bond donors (Lipinski definition) is 2. The number of nitrogens with zero attached hydrogens (tertiary/aromatic N) is 3. The van der Waals surface area contributed by atoms with Crippen LogP contribution in [-0.4, -0.2) is 46.0 Å². The molecule has 0 bridgehead atoms. The lowest BCUT2D eigenvalue weighted by molar-refractivity contribution is -0.122. The molecular weight excluding hydrogens is 426 g/mol. The molecule has 0 saturated heterocycles. The second kappa shape index (κ2) is 11.1. The Kier molecular flexibility index (Phi) is 8.04. The number of aryl methyl sites for hydroxylation is 1. The zero-order chi connectivity index (χ0) is 22.9. The van der Waals surface area contributed by atoms with Crippen molar-refractivity contribution in [1.29, 1.82) is 0 Å². The SMILES string of the molecule is C=CCn1c(SCC(=O)NCC(=O)Nc2cc(C)ccc2OC)nnc1-c1ccccc1. The minimum absolute atomic E-state index is 0.102. The molecule has 3 rings (SSSR count). The zero-order valence-corrected chi connectivity index (χ0v) is 18.8. The lowest BCUT2D eigenvalue weighted by Gasteiger charge is -2.11. The average Bonchev–Trinajstić information content (AvgIpc) is 3.20. The number of amides is 2. The Morgan fingerprint density at radius 1 is 1.16 bits per heavy atom. The molecule has 0 unspecified atom stereocenters. The molecule has 0 aliphatic rings. The molecular formula is C23H25N5O3S. The number of rotatable bonds is 10. The van der Waals surface area contributed by atoms with Gasteiger partial charge in [0, 0.05) is 12.1 Å². The van der Waals surface area contributed by atoms with E-state index in [9.17, 15) is 9.59 Å². The van der Waals surface area contributed by atoms with Gasteiger partial charge in [-0.2, -0.15) is 0 Å². The van der Waals surface area contributed by atoms with Gasteiger partial charge in [-0.1, -0.05) is 54.2 Å². The van der Waals surface area contributed by atoms with Crippen molar-refractivity contribution in [2.75, 3.05) is 24.7 Å². The number of carbonyl (C=O) groups excluding carboxylic acids is 2. The zero-order valence-electron chi connectivity index (χ0n) is 18.0. The van der Waals surface area contributed by atoms with E-state index in [0.29, 0.717) is 29.0 Å². The van der Waals surface area contributed by atoms with E-state index in [4.69, 9.17) is 4.74 Å². The highest BCUT2D eigenvalue weighted by atomic mass is 32.2. The summed E-state index contributed by atoms with van der Waals surface area (Å²) in [5.74, 6) is 0.746. The number of benzene rings is 2. The molecule has 0 aliphatic heterocycles. The van der Waals surface area contributed by atoms with Gasteiger partial charge in [-0.05, 0) is 24.6 Å². The first-order valence-corrected chi connectivity index (χ1v) is 10.9. The maximum Gasteiger partial charge on any atom is 0.243 e. The Labute approximate surface area is 191 Å². The van der Waals surface area contributed by atoms with Gasteiger partial charge in [0.15, 0.2) is 11.0 Å². The predicted molar refractivity (Wildman–Crippen MR) is 126 cm³/mol. The molecule has 1 aromatic heterocycles. The van der Waals surface area contributed by atoms with Crippen LogP contribution in [-0.2, 0) is 16.1 Å². The third-order valence-electron chi connectivity index (χ3n) is 4.47. The number of anilines is 1. The summed E-state index contributed by atoms with van der Waals surface area (Å²) in [7, 11) is 1.54. The number of aromatic nitrogens is 3. The van der Waals surface area contributed by atoms with Crippen LogP contribution in [0.4, 0.5) is 5.69 Å². The van der Waals surface area contributed by atoms with Gasteiger partial charge in [-0.25, -0.2) is 0 Å². The molecule has 3 aromatic rings. The minimum Gasteiger partial charge on any atom is -0.495 e. The van der Waals surface area contributed by atoms with Crippen molar-refractivity contribution in [2.24, 2.45) is 0 Å². The van der Waals surface area contributed by atoms with Crippen molar-refractivity contribution < 1.29 is 14.3 Å². The van der Waals surface area contributed by atoms with E-state index >= 15 is 0 Å². The Morgan fingerprint density at radius 3 is 2.66 bits per heavy atom. The van der Waals surface area contributed by atoms with Crippen molar-refractivity contribution in [3.63, 3.8) is 0 Å². The minimum atomic E-state index is -0.339. The highest BCUT2D eigenvalue weighted by Gasteiger charge is 2.15. The molecule has 2 amide bonds. The van der Waals surface area contributed by atoms with Crippen LogP contribution in [0.5, 0.6) is 5.75 Å². The number of carbonyl (C=O) groups is 2. The van der Waals surface area contributed by atoms with Crippen LogP contribution in [0.1, 0.15) is 5.56 Å². The maximum absolute atomic E-state index is 12.3. The molecule has 0 radical (unpaired) electrons. The number of thioether (sulfide) groups is 1. The number of allylic oxidation sites excluding steroid dienone is 1. The highest BCUT2D eigenvalue weighted by Crippen LogP contribution is 2.25. The fourth-order valence-corrected chi connectivity index (χ4v) is 3.74. The van der Waals surface area contributed by atoms with Gasteiger partial charge >= 0.3 is 0 Å². The fraction of sp³-hybridized carbons (Fsp3) is 0.217. The number of methoxy groups -OCH3 is 1. The molecule has 0 fully saturated rings. The van der Waals surface area contributed by atoms with E-state index in [2.05, 4.69) is 27.4 Å². The molecule has 0 aliphatic carbocycles. The first-order chi connectivity index (χ1) is 15.5. The van der Waals surface area contributed by atoms with E-state index in [1.165, 1.54) is 18.9 Å². The lowest BCUT2D eigenvalue weighted by Crippen LogP contribution is -2.34. The number of ether oxygens (including phenoxy) is 1. The van der Waals surface area contributed by atoms with Crippen molar-refractivity contribution in [2.45, 2.75) is 18.6 Å². The fourth-order valence-electron chi connectivity index (χ4n) is 2.96. The van der Waals surface area contributed by atoms with Crippen LogP contribution in [0.2, 0.25) is 0 Å². The van der Waals surface area contributed by atoms with Crippen molar-refractivity contribution in [3.05, 3.63) is 66.7 Å².